The highest BCUT2D eigenvalue weighted by Crippen LogP contribution is 2.36. The number of nitrogens with one attached hydrogen (secondary N) is 2. The SMILES string of the molecule is O=C(N1CCc2cc(-c3cnc4[nH]cc(Cl)c4c3)cc([C@@H]3COCCN3)c2C1)N1C2CCC1COC2. The molecule has 4 aliphatic heterocycles. The van der Waals surface area contributed by atoms with Gasteiger partial charge in [-0.3, -0.25) is 0 Å². The smallest absolute Gasteiger partial charge is 0.320 e. The molecule has 0 radical (unpaired) electrons. The maximum atomic E-state index is 13.7. The molecule has 188 valence electrons. The van der Waals surface area contributed by atoms with Gasteiger partial charge < -0.3 is 29.6 Å². The van der Waals surface area contributed by atoms with E-state index in [-0.39, 0.29) is 24.2 Å². The Morgan fingerprint density at radius 2 is 1.94 bits per heavy atom. The molecule has 1 aromatic carbocycles. The standard InChI is InChI=1S/C27H30ClN5O3/c28-24-11-31-26-22(24)9-18(10-30-26)17-7-16-3-5-32(27(34)33-19-1-2-20(33)14-36-13-19)12-23(16)21(8-17)25-15-35-6-4-29-25/h7-11,19-20,25,29H,1-6,12-15H2,(H,30,31)/t19?,20?,25-/m0/s1. The van der Waals surface area contributed by atoms with Gasteiger partial charge in [-0.1, -0.05) is 17.7 Å². The van der Waals surface area contributed by atoms with Gasteiger partial charge >= 0.3 is 6.03 Å². The number of rotatable bonds is 2. The highest BCUT2D eigenvalue weighted by molar-refractivity contribution is 6.35. The number of aromatic nitrogens is 2. The first kappa shape index (κ1) is 22.5. The second kappa shape index (κ2) is 9.03. The van der Waals surface area contributed by atoms with Crippen molar-refractivity contribution in [3.05, 3.63) is 52.3 Å². The fraction of sp³-hybridized carbons (Fsp3) is 0.481. The van der Waals surface area contributed by atoms with Gasteiger partial charge in [-0.05, 0) is 53.6 Å². The highest BCUT2D eigenvalue weighted by atomic mass is 35.5. The first-order chi connectivity index (χ1) is 17.7. The van der Waals surface area contributed by atoms with E-state index >= 15 is 0 Å². The minimum atomic E-state index is 0.0922. The van der Waals surface area contributed by atoms with Gasteiger partial charge in [-0.25, -0.2) is 9.78 Å². The molecule has 9 heteroatoms. The van der Waals surface area contributed by atoms with Crippen molar-refractivity contribution in [1.82, 2.24) is 25.1 Å². The number of urea groups is 1. The molecule has 2 amide bonds. The van der Waals surface area contributed by atoms with E-state index in [4.69, 9.17) is 21.1 Å². The maximum Gasteiger partial charge on any atom is 0.320 e. The second-order valence-corrected chi connectivity index (χ2v) is 10.7. The van der Waals surface area contributed by atoms with Gasteiger partial charge in [-0.2, -0.15) is 0 Å². The van der Waals surface area contributed by atoms with Crippen molar-refractivity contribution in [2.75, 3.05) is 39.5 Å². The number of morpholine rings is 2. The Bertz CT molecular complexity index is 1300. The van der Waals surface area contributed by atoms with E-state index in [9.17, 15) is 4.79 Å². The van der Waals surface area contributed by atoms with E-state index in [1.807, 2.05) is 11.1 Å². The monoisotopic (exact) mass is 507 g/mol. The summed E-state index contributed by atoms with van der Waals surface area (Å²) in [6.07, 6.45) is 6.59. The van der Waals surface area contributed by atoms with E-state index in [2.05, 4.69) is 38.4 Å². The number of aromatic amines is 1. The summed E-state index contributed by atoms with van der Waals surface area (Å²) in [7, 11) is 0. The lowest BCUT2D eigenvalue weighted by Gasteiger charge is -2.40. The summed E-state index contributed by atoms with van der Waals surface area (Å²) in [5.41, 5.74) is 6.70. The number of nitrogens with zero attached hydrogens (tertiary/aromatic N) is 3. The molecule has 2 aromatic heterocycles. The molecule has 3 aromatic rings. The van der Waals surface area contributed by atoms with E-state index in [0.717, 1.165) is 61.1 Å². The Labute approximate surface area is 214 Å². The van der Waals surface area contributed by atoms with E-state index < -0.39 is 0 Å². The lowest BCUT2D eigenvalue weighted by molar-refractivity contribution is -0.00296. The van der Waals surface area contributed by atoms with Gasteiger partial charge in [0, 0.05) is 43.0 Å². The van der Waals surface area contributed by atoms with Crippen LogP contribution in [0.2, 0.25) is 5.02 Å². The molecule has 8 nitrogen and oxygen atoms in total. The third-order valence-electron chi connectivity index (χ3n) is 8.22. The molecule has 0 saturated carbocycles. The second-order valence-electron chi connectivity index (χ2n) is 10.3. The van der Waals surface area contributed by atoms with Crippen LogP contribution in [0.15, 0.2) is 30.6 Å². The minimum Gasteiger partial charge on any atom is -0.378 e. The Kier molecular flexibility index (Phi) is 5.65. The summed E-state index contributed by atoms with van der Waals surface area (Å²) in [5, 5.41) is 5.23. The summed E-state index contributed by atoms with van der Waals surface area (Å²) < 4.78 is 11.6. The molecule has 3 fully saturated rings. The first-order valence-electron chi connectivity index (χ1n) is 12.9. The zero-order valence-electron chi connectivity index (χ0n) is 20.1. The molecule has 36 heavy (non-hydrogen) atoms. The van der Waals surface area contributed by atoms with Gasteiger partial charge in [-0.15, -0.1) is 0 Å². The van der Waals surface area contributed by atoms with Crippen LogP contribution in [0.25, 0.3) is 22.2 Å². The number of hydrogen-bond donors (Lipinski definition) is 2. The number of carbonyl (C=O) groups excluding carboxylic acids is 1. The molecule has 3 atom stereocenters. The van der Waals surface area contributed by atoms with Crippen LogP contribution >= 0.6 is 11.6 Å². The average Bonchev–Trinajstić information content (AvgIpc) is 3.42. The number of amides is 2. The number of carbonyl (C=O) groups is 1. The largest absolute Gasteiger partial charge is 0.378 e. The molecule has 0 aliphatic carbocycles. The number of pyridine rings is 1. The quantitative estimate of drug-likeness (QED) is 0.550. The number of ether oxygens (including phenoxy) is 2. The van der Waals surface area contributed by atoms with Crippen LogP contribution in [-0.4, -0.2) is 77.4 Å². The predicted octanol–water partition coefficient (Wildman–Crippen LogP) is 3.89. The first-order valence-corrected chi connectivity index (χ1v) is 13.3. The van der Waals surface area contributed by atoms with E-state index in [1.165, 1.54) is 16.7 Å². The molecular formula is C27H30ClN5O3. The lowest BCUT2D eigenvalue weighted by atomic mass is 9.87. The zero-order chi connectivity index (χ0) is 24.2. The zero-order valence-corrected chi connectivity index (χ0v) is 20.9. The topological polar surface area (TPSA) is 82.7 Å². The Balaban J connectivity index is 1.25. The van der Waals surface area contributed by atoms with Crippen LogP contribution in [0, 0.1) is 0 Å². The third kappa shape index (κ3) is 3.78. The van der Waals surface area contributed by atoms with Crippen LogP contribution in [0.3, 0.4) is 0 Å². The molecule has 4 aliphatic rings. The van der Waals surface area contributed by atoms with E-state index in [0.29, 0.717) is 31.4 Å². The molecule has 2 unspecified atom stereocenters. The van der Waals surface area contributed by atoms with Crippen molar-refractivity contribution >= 4 is 28.7 Å². The van der Waals surface area contributed by atoms with Crippen molar-refractivity contribution in [2.45, 2.75) is 43.9 Å². The number of benzene rings is 1. The van der Waals surface area contributed by atoms with Gasteiger partial charge in [0.2, 0.25) is 0 Å². The van der Waals surface area contributed by atoms with Crippen molar-refractivity contribution in [3.8, 4) is 11.1 Å². The van der Waals surface area contributed by atoms with Crippen LogP contribution in [0.1, 0.15) is 35.6 Å². The van der Waals surface area contributed by atoms with Crippen LogP contribution in [0.4, 0.5) is 4.79 Å². The summed E-state index contributed by atoms with van der Waals surface area (Å²) in [6, 6.07) is 7.31. The number of hydrogen-bond acceptors (Lipinski definition) is 5. The van der Waals surface area contributed by atoms with Crippen LogP contribution < -0.4 is 5.32 Å². The Morgan fingerprint density at radius 1 is 1.08 bits per heavy atom. The van der Waals surface area contributed by atoms with E-state index in [1.54, 1.807) is 6.20 Å². The maximum absolute atomic E-state index is 13.7. The number of halogens is 1. The fourth-order valence-electron chi connectivity index (χ4n) is 6.34. The fourth-order valence-corrected chi connectivity index (χ4v) is 6.54. The normalized spacial score (nSPS) is 25.9. The van der Waals surface area contributed by atoms with Gasteiger partial charge in [0.05, 0.1) is 49.6 Å². The van der Waals surface area contributed by atoms with Crippen LogP contribution in [0.5, 0.6) is 0 Å². The molecule has 7 rings (SSSR count). The Morgan fingerprint density at radius 3 is 2.75 bits per heavy atom. The predicted molar refractivity (Wildman–Crippen MR) is 137 cm³/mol. The Hall–Kier alpha value is -2.65. The number of fused-ring (bicyclic) bond motifs is 4. The lowest BCUT2D eigenvalue weighted by Crippen LogP contribution is -2.55. The minimum absolute atomic E-state index is 0.0922. The average molecular weight is 508 g/mol. The summed E-state index contributed by atoms with van der Waals surface area (Å²) in [4.78, 5) is 25.5. The van der Waals surface area contributed by atoms with Gasteiger partial charge in [0.15, 0.2) is 0 Å². The number of H-pyrrole nitrogens is 1. The third-order valence-corrected chi connectivity index (χ3v) is 8.53. The highest BCUT2D eigenvalue weighted by Gasteiger charge is 2.42. The molecule has 0 spiro atoms. The summed E-state index contributed by atoms with van der Waals surface area (Å²) >= 11 is 6.39. The molecule has 2 bridgehead atoms. The van der Waals surface area contributed by atoms with Crippen molar-refractivity contribution < 1.29 is 14.3 Å². The van der Waals surface area contributed by atoms with Crippen LogP contribution in [-0.2, 0) is 22.4 Å². The summed E-state index contributed by atoms with van der Waals surface area (Å²) in [6.45, 7) is 4.83. The molecule has 2 N–H and O–H groups in total. The summed E-state index contributed by atoms with van der Waals surface area (Å²) in [5.74, 6) is 0. The molecular weight excluding hydrogens is 478 g/mol. The van der Waals surface area contributed by atoms with Crippen molar-refractivity contribution in [3.63, 3.8) is 0 Å². The van der Waals surface area contributed by atoms with Gasteiger partial charge in [0.25, 0.3) is 0 Å². The molecule has 6 heterocycles. The van der Waals surface area contributed by atoms with Gasteiger partial charge in [0.1, 0.15) is 5.65 Å². The molecule has 3 saturated heterocycles. The van der Waals surface area contributed by atoms with Crippen molar-refractivity contribution in [1.29, 1.82) is 0 Å². The van der Waals surface area contributed by atoms with Crippen molar-refractivity contribution in [2.24, 2.45) is 0 Å².